The molecule has 12 heavy (non-hydrogen) atoms. The van der Waals surface area contributed by atoms with Gasteiger partial charge in [0, 0.05) is 10.5 Å². The maximum atomic E-state index is 10.3. The molecule has 1 rings (SSSR count). The van der Waals surface area contributed by atoms with Crippen LogP contribution in [0.25, 0.3) is 0 Å². The Hall–Kier alpha value is -0.970. The van der Waals surface area contributed by atoms with Crippen LogP contribution < -0.4 is 0 Å². The van der Waals surface area contributed by atoms with E-state index in [1.807, 2.05) is 6.92 Å². The van der Waals surface area contributed by atoms with E-state index in [0.717, 1.165) is 12.1 Å². The van der Waals surface area contributed by atoms with Crippen LogP contribution in [0.2, 0.25) is 0 Å². The van der Waals surface area contributed by atoms with Gasteiger partial charge < -0.3 is 0 Å². The van der Waals surface area contributed by atoms with Crippen LogP contribution in [0.3, 0.4) is 0 Å². The minimum absolute atomic E-state index is 0.0130. The molecule has 1 heterocycles. The lowest BCUT2D eigenvalue weighted by Gasteiger charge is -1.98. The van der Waals surface area contributed by atoms with Crippen molar-refractivity contribution >= 4 is 21.6 Å². The molecule has 0 amide bonds. The van der Waals surface area contributed by atoms with Crippen LogP contribution >= 0.6 is 15.9 Å². The fourth-order valence-electron chi connectivity index (χ4n) is 0.816. The number of nitrogens with zero attached hydrogens (tertiary/aromatic N) is 2. The first-order valence-corrected chi connectivity index (χ1v) is 4.23. The Labute approximate surface area is 77.9 Å². The Balaban J connectivity index is 3.10. The molecule has 0 atom stereocenters. The lowest BCUT2D eigenvalue weighted by atomic mass is 10.3. The molecule has 0 aliphatic heterocycles. The summed E-state index contributed by atoms with van der Waals surface area (Å²) in [6.45, 7) is 1.94. The molecule has 0 radical (unpaired) electrons. The SMILES string of the molecule is CCc1ncc([N+](=O)[O-])cc1Br. The van der Waals surface area contributed by atoms with Crippen LogP contribution in [-0.2, 0) is 6.42 Å². The van der Waals surface area contributed by atoms with Crippen molar-refractivity contribution in [1.82, 2.24) is 4.98 Å². The predicted octanol–water partition coefficient (Wildman–Crippen LogP) is 2.31. The van der Waals surface area contributed by atoms with E-state index in [4.69, 9.17) is 0 Å². The second kappa shape index (κ2) is 3.62. The molecule has 0 aliphatic carbocycles. The standard InChI is InChI=1S/C7H7BrN2O2/c1-2-7-6(8)3-5(4-9-7)10(11)12/h3-4H,2H2,1H3. The Bertz CT molecular complexity index is 314. The van der Waals surface area contributed by atoms with E-state index in [9.17, 15) is 10.1 Å². The summed E-state index contributed by atoms with van der Waals surface area (Å²) in [7, 11) is 0. The monoisotopic (exact) mass is 230 g/mol. The van der Waals surface area contributed by atoms with E-state index in [-0.39, 0.29) is 5.69 Å². The van der Waals surface area contributed by atoms with Crippen LogP contribution in [0.15, 0.2) is 16.7 Å². The fraction of sp³-hybridized carbons (Fsp3) is 0.286. The maximum absolute atomic E-state index is 10.3. The average molecular weight is 231 g/mol. The highest BCUT2D eigenvalue weighted by atomic mass is 79.9. The van der Waals surface area contributed by atoms with Gasteiger partial charge in [0.1, 0.15) is 6.20 Å². The fourth-order valence-corrected chi connectivity index (χ4v) is 1.43. The molecule has 0 saturated heterocycles. The van der Waals surface area contributed by atoms with Crippen LogP contribution in [0, 0.1) is 10.1 Å². The topological polar surface area (TPSA) is 56.0 Å². The lowest BCUT2D eigenvalue weighted by Crippen LogP contribution is -1.93. The third-order valence-electron chi connectivity index (χ3n) is 1.45. The van der Waals surface area contributed by atoms with Crippen molar-refractivity contribution in [3.63, 3.8) is 0 Å². The molecule has 4 nitrogen and oxygen atoms in total. The minimum Gasteiger partial charge on any atom is -0.258 e. The van der Waals surface area contributed by atoms with E-state index < -0.39 is 4.92 Å². The lowest BCUT2D eigenvalue weighted by molar-refractivity contribution is -0.385. The largest absolute Gasteiger partial charge is 0.288 e. The number of nitro groups is 1. The molecule has 0 aromatic carbocycles. The Morgan fingerprint density at radius 1 is 1.75 bits per heavy atom. The van der Waals surface area contributed by atoms with Crippen molar-refractivity contribution in [2.45, 2.75) is 13.3 Å². The number of hydrogen-bond acceptors (Lipinski definition) is 3. The van der Waals surface area contributed by atoms with Crippen molar-refractivity contribution in [1.29, 1.82) is 0 Å². The second-order valence-electron chi connectivity index (χ2n) is 2.23. The zero-order valence-corrected chi connectivity index (χ0v) is 8.04. The van der Waals surface area contributed by atoms with Crippen molar-refractivity contribution in [2.24, 2.45) is 0 Å². The number of aryl methyl sites for hydroxylation is 1. The number of aromatic nitrogens is 1. The van der Waals surface area contributed by atoms with Crippen molar-refractivity contribution in [2.75, 3.05) is 0 Å². The smallest absolute Gasteiger partial charge is 0.258 e. The van der Waals surface area contributed by atoms with Gasteiger partial charge in [-0.05, 0) is 22.4 Å². The molecule has 0 saturated carbocycles. The molecule has 5 heteroatoms. The zero-order valence-electron chi connectivity index (χ0n) is 6.45. The van der Waals surface area contributed by atoms with Gasteiger partial charge in [-0.15, -0.1) is 0 Å². The van der Waals surface area contributed by atoms with E-state index in [0.29, 0.717) is 4.47 Å². The highest BCUT2D eigenvalue weighted by Gasteiger charge is 2.08. The molecule has 0 spiro atoms. The van der Waals surface area contributed by atoms with Gasteiger partial charge in [0.15, 0.2) is 0 Å². The molecule has 0 aliphatic rings. The Morgan fingerprint density at radius 3 is 2.83 bits per heavy atom. The third kappa shape index (κ3) is 1.79. The van der Waals surface area contributed by atoms with Gasteiger partial charge in [-0.1, -0.05) is 6.92 Å². The summed E-state index contributed by atoms with van der Waals surface area (Å²) in [5, 5.41) is 10.3. The molecular formula is C7H7BrN2O2. The number of pyridine rings is 1. The second-order valence-corrected chi connectivity index (χ2v) is 3.09. The quantitative estimate of drug-likeness (QED) is 0.579. The van der Waals surface area contributed by atoms with Gasteiger partial charge in [-0.25, -0.2) is 0 Å². The van der Waals surface area contributed by atoms with Crippen molar-refractivity contribution in [3.05, 3.63) is 32.5 Å². The first-order valence-electron chi connectivity index (χ1n) is 3.44. The van der Waals surface area contributed by atoms with E-state index >= 15 is 0 Å². The first kappa shape index (κ1) is 9.12. The minimum atomic E-state index is -0.461. The Kier molecular flexibility index (Phi) is 2.75. The van der Waals surface area contributed by atoms with Crippen LogP contribution in [0.1, 0.15) is 12.6 Å². The summed E-state index contributed by atoms with van der Waals surface area (Å²) in [6.07, 6.45) is 2.03. The summed E-state index contributed by atoms with van der Waals surface area (Å²) in [4.78, 5) is 13.8. The molecule has 0 bridgehead atoms. The van der Waals surface area contributed by atoms with Gasteiger partial charge >= 0.3 is 0 Å². The zero-order chi connectivity index (χ0) is 9.14. The molecule has 64 valence electrons. The Morgan fingerprint density at radius 2 is 2.42 bits per heavy atom. The van der Waals surface area contributed by atoms with Crippen LogP contribution in [0.4, 0.5) is 5.69 Å². The maximum Gasteiger partial charge on any atom is 0.288 e. The molecular weight excluding hydrogens is 224 g/mol. The molecule has 1 aromatic rings. The van der Waals surface area contributed by atoms with E-state index in [1.165, 1.54) is 12.3 Å². The molecule has 1 aromatic heterocycles. The van der Waals surface area contributed by atoms with E-state index in [1.54, 1.807) is 0 Å². The van der Waals surface area contributed by atoms with Crippen LogP contribution in [-0.4, -0.2) is 9.91 Å². The van der Waals surface area contributed by atoms with Gasteiger partial charge in [-0.3, -0.25) is 15.1 Å². The summed E-state index contributed by atoms with van der Waals surface area (Å²) in [6, 6.07) is 1.46. The molecule has 0 unspecified atom stereocenters. The number of hydrogen-bond donors (Lipinski definition) is 0. The summed E-state index contributed by atoms with van der Waals surface area (Å²) >= 11 is 3.21. The van der Waals surface area contributed by atoms with Gasteiger partial charge in [0.05, 0.1) is 10.6 Å². The van der Waals surface area contributed by atoms with Crippen LogP contribution in [0.5, 0.6) is 0 Å². The molecule has 0 fully saturated rings. The average Bonchev–Trinajstić information content (AvgIpc) is 2.04. The van der Waals surface area contributed by atoms with Gasteiger partial charge in [0.25, 0.3) is 5.69 Å². The number of rotatable bonds is 2. The number of halogens is 1. The van der Waals surface area contributed by atoms with Crippen molar-refractivity contribution in [3.8, 4) is 0 Å². The summed E-state index contributed by atoms with van der Waals surface area (Å²) in [5.74, 6) is 0. The highest BCUT2D eigenvalue weighted by molar-refractivity contribution is 9.10. The highest BCUT2D eigenvalue weighted by Crippen LogP contribution is 2.20. The third-order valence-corrected chi connectivity index (χ3v) is 2.14. The van der Waals surface area contributed by atoms with Gasteiger partial charge in [-0.2, -0.15) is 0 Å². The summed E-state index contributed by atoms with van der Waals surface area (Å²) < 4.78 is 0.694. The van der Waals surface area contributed by atoms with Crippen molar-refractivity contribution < 1.29 is 4.92 Å². The molecule has 0 N–H and O–H groups in total. The normalized spacial score (nSPS) is 9.83. The van der Waals surface area contributed by atoms with E-state index in [2.05, 4.69) is 20.9 Å². The summed E-state index contributed by atoms with van der Waals surface area (Å²) in [5.41, 5.74) is 0.847. The van der Waals surface area contributed by atoms with Gasteiger partial charge in [0.2, 0.25) is 0 Å². The first-order chi connectivity index (χ1) is 5.65. The predicted molar refractivity (Wildman–Crippen MR) is 48.0 cm³/mol.